The third-order valence-electron chi connectivity index (χ3n) is 2.02. The van der Waals surface area contributed by atoms with Crippen molar-refractivity contribution in [2.24, 2.45) is 0 Å². The maximum atomic E-state index is 5.69. The average molecular weight is 214 g/mol. The highest BCUT2D eigenvalue weighted by molar-refractivity contribution is 6.28. The average Bonchev–Trinajstić information content (AvgIpc) is 2.18. The first-order chi connectivity index (χ1) is 6.74. The molecule has 1 aromatic heterocycles. The number of nitrogens with zero attached hydrogens (tertiary/aromatic N) is 2. The number of unbranched alkanes of at least 4 members (excludes halogenated alkanes) is 2. The molecular weight excluding hydrogens is 198 g/mol. The Labute approximate surface area is 89.9 Å². The van der Waals surface area contributed by atoms with E-state index in [4.69, 9.17) is 11.6 Å². The van der Waals surface area contributed by atoms with Crippen LogP contribution in [0.2, 0.25) is 5.28 Å². The summed E-state index contributed by atoms with van der Waals surface area (Å²) in [6, 6.07) is 0. The second-order valence-electron chi connectivity index (χ2n) is 3.30. The highest BCUT2D eigenvalue weighted by Crippen LogP contribution is 2.12. The number of aryl methyl sites for hydroxylation is 1. The van der Waals surface area contributed by atoms with E-state index in [-0.39, 0.29) is 0 Å². The van der Waals surface area contributed by atoms with Crippen molar-refractivity contribution in [2.75, 3.05) is 11.9 Å². The second-order valence-corrected chi connectivity index (χ2v) is 3.64. The van der Waals surface area contributed by atoms with Gasteiger partial charge in [-0.15, -0.1) is 0 Å². The van der Waals surface area contributed by atoms with Crippen molar-refractivity contribution in [2.45, 2.75) is 33.1 Å². The van der Waals surface area contributed by atoms with Crippen molar-refractivity contribution in [1.29, 1.82) is 0 Å². The Morgan fingerprint density at radius 1 is 1.43 bits per heavy atom. The van der Waals surface area contributed by atoms with Crippen LogP contribution in [-0.2, 0) is 0 Å². The minimum absolute atomic E-state index is 0.300. The summed E-state index contributed by atoms with van der Waals surface area (Å²) in [7, 11) is 0. The fourth-order valence-electron chi connectivity index (χ4n) is 1.18. The molecule has 0 saturated heterocycles. The lowest BCUT2D eigenvalue weighted by atomic mass is 10.2. The molecule has 0 bridgehead atoms. The molecule has 0 spiro atoms. The summed E-state index contributed by atoms with van der Waals surface area (Å²) >= 11 is 5.69. The fourth-order valence-corrected chi connectivity index (χ4v) is 1.31. The summed E-state index contributed by atoms with van der Waals surface area (Å²) in [5.74, 6) is 0.848. The van der Waals surface area contributed by atoms with E-state index >= 15 is 0 Å². The first-order valence-corrected chi connectivity index (χ1v) is 5.35. The largest absolute Gasteiger partial charge is 0.370 e. The number of nitrogens with one attached hydrogen (secondary N) is 1. The third-order valence-corrected chi connectivity index (χ3v) is 2.20. The van der Waals surface area contributed by atoms with Crippen molar-refractivity contribution in [3.63, 3.8) is 0 Å². The molecule has 0 saturated carbocycles. The van der Waals surface area contributed by atoms with E-state index in [0.29, 0.717) is 5.28 Å². The predicted molar refractivity (Wildman–Crippen MR) is 59.8 cm³/mol. The molecule has 0 fully saturated rings. The molecular formula is C10H16ClN3. The van der Waals surface area contributed by atoms with E-state index in [1.54, 1.807) is 6.20 Å². The van der Waals surface area contributed by atoms with E-state index in [1.165, 1.54) is 12.8 Å². The standard InChI is InChI=1S/C10H16ClN3/c1-3-4-5-6-12-9-8(2)7-13-10(11)14-9/h7H,3-6H2,1-2H3,(H,12,13,14). The molecule has 0 aliphatic carbocycles. The fraction of sp³-hybridized carbons (Fsp3) is 0.600. The van der Waals surface area contributed by atoms with Gasteiger partial charge in [-0.3, -0.25) is 0 Å². The van der Waals surface area contributed by atoms with Crippen LogP contribution in [-0.4, -0.2) is 16.5 Å². The lowest BCUT2D eigenvalue weighted by molar-refractivity contribution is 0.741. The van der Waals surface area contributed by atoms with Crippen molar-refractivity contribution in [3.05, 3.63) is 17.0 Å². The maximum Gasteiger partial charge on any atom is 0.224 e. The summed E-state index contributed by atoms with van der Waals surface area (Å²) in [6.07, 6.45) is 5.37. The minimum atomic E-state index is 0.300. The van der Waals surface area contributed by atoms with Crippen LogP contribution in [0.1, 0.15) is 31.7 Å². The highest BCUT2D eigenvalue weighted by Gasteiger charge is 2.00. The number of hydrogen-bond acceptors (Lipinski definition) is 3. The molecule has 0 aliphatic heterocycles. The molecule has 1 aromatic rings. The number of rotatable bonds is 5. The van der Waals surface area contributed by atoms with Gasteiger partial charge < -0.3 is 5.32 Å². The van der Waals surface area contributed by atoms with Gasteiger partial charge in [0.05, 0.1) is 0 Å². The molecule has 1 heterocycles. The summed E-state index contributed by atoms with van der Waals surface area (Å²) in [6.45, 7) is 5.10. The number of halogens is 1. The lowest BCUT2D eigenvalue weighted by Crippen LogP contribution is -2.05. The maximum absolute atomic E-state index is 5.69. The Morgan fingerprint density at radius 3 is 2.93 bits per heavy atom. The Balaban J connectivity index is 2.45. The second kappa shape index (κ2) is 5.81. The summed E-state index contributed by atoms with van der Waals surface area (Å²) in [5.41, 5.74) is 1.03. The molecule has 0 unspecified atom stereocenters. The van der Waals surface area contributed by atoms with Crippen molar-refractivity contribution >= 4 is 17.4 Å². The lowest BCUT2D eigenvalue weighted by Gasteiger charge is -2.07. The molecule has 0 atom stereocenters. The minimum Gasteiger partial charge on any atom is -0.370 e. The quantitative estimate of drug-likeness (QED) is 0.604. The number of anilines is 1. The zero-order valence-electron chi connectivity index (χ0n) is 8.68. The normalized spacial score (nSPS) is 10.2. The van der Waals surface area contributed by atoms with E-state index in [9.17, 15) is 0 Å². The number of hydrogen-bond donors (Lipinski definition) is 1. The SMILES string of the molecule is CCCCCNc1nc(Cl)ncc1C. The van der Waals surface area contributed by atoms with Gasteiger partial charge in [-0.1, -0.05) is 19.8 Å². The van der Waals surface area contributed by atoms with Crippen molar-refractivity contribution in [3.8, 4) is 0 Å². The van der Waals surface area contributed by atoms with Gasteiger partial charge >= 0.3 is 0 Å². The van der Waals surface area contributed by atoms with E-state index in [0.717, 1.165) is 24.3 Å². The van der Waals surface area contributed by atoms with Crippen LogP contribution in [0.5, 0.6) is 0 Å². The Morgan fingerprint density at radius 2 is 2.21 bits per heavy atom. The third kappa shape index (κ3) is 3.50. The van der Waals surface area contributed by atoms with E-state index < -0.39 is 0 Å². The summed E-state index contributed by atoms with van der Waals surface area (Å²) < 4.78 is 0. The Kier molecular flexibility index (Phi) is 4.66. The monoisotopic (exact) mass is 213 g/mol. The highest BCUT2D eigenvalue weighted by atomic mass is 35.5. The van der Waals surface area contributed by atoms with Gasteiger partial charge in [0.15, 0.2) is 0 Å². The topological polar surface area (TPSA) is 37.8 Å². The van der Waals surface area contributed by atoms with Crippen LogP contribution >= 0.6 is 11.6 Å². The molecule has 0 radical (unpaired) electrons. The molecule has 3 nitrogen and oxygen atoms in total. The number of aromatic nitrogens is 2. The summed E-state index contributed by atoms with van der Waals surface area (Å²) in [5, 5.41) is 3.55. The van der Waals surface area contributed by atoms with Crippen LogP contribution in [0, 0.1) is 6.92 Å². The van der Waals surface area contributed by atoms with Gasteiger partial charge in [0.1, 0.15) is 5.82 Å². The molecule has 4 heteroatoms. The van der Waals surface area contributed by atoms with Crippen LogP contribution in [0.25, 0.3) is 0 Å². The van der Waals surface area contributed by atoms with Gasteiger partial charge in [-0.2, -0.15) is 0 Å². The Bertz CT molecular complexity index is 289. The molecule has 0 aromatic carbocycles. The van der Waals surface area contributed by atoms with E-state index in [1.807, 2.05) is 6.92 Å². The summed E-state index contributed by atoms with van der Waals surface area (Å²) in [4.78, 5) is 8.01. The van der Waals surface area contributed by atoms with E-state index in [2.05, 4.69) is 22.2 Å². The van der Waals surface area contributed by atoms with Crippen LogP contribution in [0.4, 0.5) is 5.82 Å². The molecule has 0 aliphatic rings. The first-order valence-electron chi connectivity index (χ1n) is 4.97. The first kappa shape index (κ1) is 11.2. The van der Waals surface area contributed by atoms with Crippen molar-refractivity contribution < 1.29 is 0 Å². The van der Waals surface area contributed by atoms with Crippen LogP contribution < -0.4 is 5.32 Å². The van der Waals surface area contributed by atoms with Crippen molar-refractivity contribution in [1.82, 2.24) is 9.97 Å². The van der Waals surface area contributed by atoms with Gasteiger partial charge in [0.2, 0.25) is 5.28 Å². The predicted octanol–water partition coefficient (Wildman–Crippen LogP) is 3.04. The Hall–Kier alpha value is -0.830. The molecule has 1 N–H and O–H groups in total. The van der Waals surface area contributed by atoms with Crippen LogP contribution in [0.15, 0.2) is 6.20 Å². The molecule has 1 rings (SSSR count). The van der Waals surface area contributed by atoms with Gasteiger partial charge in [-0.25, -0.2) is 9.97 Å². The molecule has 0 amide bonds. The zero-order valence-corrected chi connectivity index (χ0v) is 9.43. The zero-order chi connectivity index (χ0) is 10.4. The molecule has 78 valence electrons. The molecule has 14 heavy (non-hydrogen) atoms. The van der Waals surface area contributed by atoms with Gasteiger partial charge in [-0.05, 0) is 24.9 Å². The van der Waals surface area contributed by atoms with Crippen LogP contribution in [0.3, 0.4) is 0 Å². The van der Waals surface area contributed by atoms with Gasteiger partial charge in [0.25, 0.3) is 0 Å². The smallest absolute Gasteiger partial charge is 0.224 e. The van der Waals surface area contributed by atoms with Gasteiger partial charge in [0, 0.05) is 18.3 Å².